The van der Waals surface area contributed by atoms with Gasteiger partial charge in [0, 0.05) is 5.70 Å². The van der Waals surface area contributed by atoms with Crippen molar-refractivity contribution in [3.8, 4) is 0 Å². The maximum absolute atomic E-state index is 11.0. The van der Waals surface area contributed by atoms with Gasteiger partial charge in [0.05, 0.1) is 9.34 Å². The fraction of sp³-hybridized carbons (Fsp3) is 0.300. The van der Waals surface area contributed by atoms with Crippen molar-refractivity contribution in [2.24, 2.45) is 0 Å². The van der Waals surface area contributed by atoms with E-state index in [0.29, 0.717) is 10.8 Å². The molecule has 1 fully saturated rings. The Bertz CT molecular complexity index is 415. The van der Waals surface area contributed by atoms with Crippen molar-refractivity contribution in [1.29, 1.82) is 0 Å². The third-order valence-corrected chi connectivity index (χ3v) is 3.67. The van der Waals surface area contributed by atoms with Crippen molar-refractivity contribution in [2.75, 3.05) is 4.90 Å². The van der Waals surface area contributed by atoms with Crippen molar-refractivity contribution in [3.05, 3.63) is 28.7 Å². The second-order valence-electron chi connectivity index (χ2n) is 3.41. The third kappa shape index (κ3) is 1.87. The summed E-state index contributed by atoms with van der Waals surface area (Å²) in [6, 6.07) is 3.11. The van der Waals surface area contributed by atoms with Crippen molar-refractivity contribution in [3.63, 3.8) is 0 Å². The number of carbonyl (C=O) groups is 1. The molecule has 0 radical (unpaired) electrons. The molecule has 1 saturated heterocycles. The largest absolute Gasteiger partial charge is 0.480 e. The van der Waals surface area contributed by atoms with Crippen LogP contribution in [0.15, 0.2) is 24.4 Å². The van der Waals surface area contributed by atoms with E-state index in [1.807, 2.05) is 6.07 Å². The van der Waals surface area contributed by atoms with Crippen LogP contribution in [0.2, 0.25) is 4.34 Å². The summed E-state index contributed by atoms with van der Waals surface area (Å²) in [4.78, 5) is 12.8. The van der Waals surface area contributed by atoms with Crippen molar-refractivity contribution < 1.29 is 9.90 Å². The molecule has 1 aromatic rings. The lowest BCUT2D eigenvalue weighted by Gasteiger charge is -2.22. The first-order valence-corrected chi connectivity index (χ1v) is 5.74. The van der Waals surface area contributed by atoms with E-state index in [-0.39, 0.29) is 0 Å². The summed E-state index contributed by atoms with van der Waals surface area (Å²) in [6.45, 7) is 3.88. The first-order chi connectivity index (χ1) is 7.09. The van der Waals surface area contributed by atoms with E-state index in [2.05, 4.69) is 6.58 Å². The van der Waals surface area contributed by atoms with Gasteiger partial charge in [0.2, 0.25) is 0 Å². The number of carboxylic acid groups (broad SMARTS) is 1. The molecule has 0 unspecified atom stereocenters. The molecule has 0 aliphatic carbocycles. The molecular formula is C10H10ClNO2S. The molecule has 1 aliphatic rings. The molecule has 2 heterocycles. The summed E-state index contributed by atoms with van der Waals surface area (Å²) in [7, 11) is 0. The van der Waals surface area contributed by atoms with Crippen molar-refractivity contribution in [1.82, 2.24) is 0 Å². The van der Waals surface area contributed by atoms with Gasteiger partial charge in [-0.25, -0.2) is 4.79 Å². The molecular weight excluding hydrogens is 234 g/mol. The minimum absolute atomic E-state index is 0.493. The number of nitrogens with zero attached hydrogens (tertiary/aromatic N) is 1. The number of hydrogen-bond acceptors (Lipinski definition) is 3. The van der Waals surface area contributed by atoms with Gasteiger partial charge in [0.25, 0.3) is 0 Å². The number of anilines is 1. The lowest BCUT2D eigenvalue weighted by atomic mass is 10.2. The number of thiophene rings is 1. The van der Waals surface area contributed by atoms with Gasteiger partial charge in [-0.1, -0.05) is 18.2 Å². The maximum atomic E-state index is 11.0. The van der Waals surface area contributed by atoms with Gasteiger partial charge in [0.15, 0.2) is 0 Å². The summed E-state index contributed by atoms with van der Waals surface area (Å²) in [5.74, 6) is -0.807. The Morgan fingerprint density at radius 2 is 2.40 bits per heavy atom. The lowest BCUT2D eigenvalue weighted by molar-refractivity contribution is -0.138. The Labute approximate surface area is 96.6 Å². The van der Waals surface area contributed by atoms with Crippen LogP contribution in [0.1, 0.15) is 12.8 Å². The smallest absolute Gasteiger partial charge is 0.326 e. The second kappa shape index (κ2) is 3.87. The van der Waals surface area contributed by atoms with E-state index < -0.39 is 12.0 Å². The molecule has 0 bridgehead atoms. The van der Waals surface area contributed by atoms with Crippen LogP contribution in [0.3, 0.4) is 0 Å². The van der Waals surface area contributed by atoms with Crippen molar-refractivity contribution in [2.45, 2.75) is 18.9 Å². The molecule has 1 aromatic heterocycles. The summed E-state index contributed by atoms with van der Waals surface area (Å²) in [5, 5.41) is 9.91. The average Bonchev–Trinajstić information content (AvgIpc) is 2.71. The van der Waals surface area contributed by atoms with Crippen LogP contribution in [-0.2, 0) is 4.79 Å². The minimum Gasteiger partial charge on any atom is -0.480 e. The van der Waals surface area contributed by atoms with E-state index in [0.717, 1.165) is 17.1 Å². The van der Waals surface area contributed by atoms with Gasteiger partial charge in [-0.3, -0.25) is 0 Å². The molecule has 0 spiro atoms. The Morgan fingerprint density at radius 1 is 1.67 bits per heavy atom. The molecule has 1 atom stereocenters. The Hall–Kier alpha value is -1.000. The molecule has 2 rings (SSSR count). The first kappa shape index (κ1) is 10.5. The number of rotatable bonds is 2. The van der Waals surface area contributed by atoms with Gasteiger partial charge in [-0.2, -0.15) is 0 Å². The highest BCUT2D eigenvalue weighted by molar-refractivity contribution is 7.20. The quantitative estimate of drug-likeness (QED) is 0.868. The number of aliphatic carboxylic acids is 1. The maximum Gasteiger partial charge on any atom is 0.326 e. The van der Waals surface area contributed by atoms with Gasteiger partial charge in [0.1, 0.15) is 6.04 Å². The van der Waals surface area contributed by atoms with Crippen LogP contribution in [0.25, 0.3) is 0 Å². The molecule has 0 amide bonds. The Kier molecular flexibility index (Phi) is 2.71. The zero-order chi connectivity index (χ0) is 11.0. The molecule has 80 valence electrons. The highest BCUT2D eigenvalue weighted by Crippen LogP contribution is 2.38. The number of carboxylic acids is 1. The fourth-order valence-electron chi connectivity index (χ4n) is 1.75. The van der Waals surface area contributed by atoms with Crippen LogP contribution < -0.4 is 4.90 Å². The zero-order valence-electron chi connectivity index (χ0n) is 7.94. The van der Waals surface area contributed by atoms with E-state index in [4.69, 9.17) is 16.7 Å². The van der Waals surface area contributed by atoms with Crippen LogP contribution in [0.4, 0.5) is 5.00 Å². The van der Waals surface area contributed by atoms with Gasteiger partial charge in [-0.15, -0.1) is 11.3 Å². The third-order valence-electron chi connectivity index (χ3n) is 2.44. The van der Waals surface area contributed by atoms with Crippen LogP contribution >= 0.6 is 22.9 Å². The van der Waals surface area contributed by atoms with Crippen LogP contribution in [0, 0.1) is 0 Å². The topological polar surface area (TPSA) is 40.5 Å². The monoisotopic (exact) mass is 243 g/mol. The van der Waals surface area contributed by atoms with Crippen LogP contribution in [-0.4, -0.2) is 17.1 Å². The fourth-order valence-corrected chi connectivity index (χ4v) is 2.88. The summed E-state index contributed by atoms with van der Waals surface area (Å²) >= 11 is 7.21. The number of allylic oxidation sites excluding steroid dienone is 1. The van der Waals surface area contributed by atoms with E-state index in [9.17, 15) is 4.79 Å². The summed E-state index contributed by atoms with van der Waals surface area (Å²) in [5.41, 5.74) is 0.848. The number of hydrogen-bond donors (Lipinski definition) is 1. The highest BCUT2D eigenvalue weighted by atomic mass is 35.5. The number of halogens is 1. The molecule has 3 nitrogen and oxygen atoms in total. The van der Waals surface area contributed by atoms with E-state index in [1.165, 1.54) is 11.3 Å². The molecule has 0 saturated carbocycles. The SMILES string of the molecule is C=C1CC[C@@H](C(=O)O)N1c1ccc(Cl)s1. The first-order valence-electron chi connectivity index (χ1n) is 4.55. The van der Waals surface area contributed by atoms with Gasteiger partial charge >= 0.3 is 5.97 Å². The highest BCUT2D eigenvalue weighted by Gasteiger charge is 2.34. The second-order valence-corrected chi connectivity index (χ2v) is 5.10. The Morgan fingerprint density at radius 3 is 2.93 bits per heavy atom. The zero-order valence-corrected chi connectivity index (χ0v) is 9.51. The van der Waals surface area contributed by atoms with Crippen molar-refractivity contribution >= 4 is 33.9 Å². The Balaban J connectivity index is 2.32. The summed E-state index contributed by atoms with van der Waals surface area (Å²) in [6.07, 6.45) is 1.34. The molecule has 0 aromatic carbocycles. The standard InChI is InChI=1S/C10H10ClNO2S/c1-6-2-3-7(10(13)14)12(6)9-5-4-8(11)15-9/h4-5,7H,1-3H2,(H,13,14)/t7-/m0/s1. The molecule has 5 heteroatoms. The van der Waals surface area contributed by atoms with Gasteiger partial charge < -0.3 is 10.0 Å². The van der Waals surface area contributed by atoms with Crippen LogP contribution in [0.5, 0.6) is 0 Å². The predicted molar refractivity (Wildman–Crippen MR) is 61.6 cm³/mol. The lowest BCUT2D eigenvalue weighted by Crippen LogP contribution is -2.34. The molecule has 15 heavy (non-hydrogen) atoms. The molecule has 1 N–H and O–H groups in total. The minimum atomic E-state index is -0.807. The van der Waals surface area contributed by atoms with E-state index >= 15 is 0 Å². The van der Waals surface area contributed by atoms with E-state index in [1.54, 1.807) is 11.0 Å². The predicted octanol–water partition coefficient (Wildman–Crippen LogP) is 2.97. The summed E-state index contributed by atoms with van der Waals surface area (Å²) < 4.78 is 0.661. The van der Waals surface area contributed by atoms with Gasteiger partial charge in [-0.05, 0) is 25.0 Å². The normalized spacial score (nSPS) is 21.0. The molecule has 1 aliphatic heterocycles. The average molecular weight is 244 g/mol.